The van der Waals surface area contributed by atoms with Gasteiger partial charge in [-0.3, -0.25) is 14.8 Å². The first-order valence-electron chi connectivity index (χ1n) is 8.36. The van der Waals surface area contributed by atoms with Crippen LogP contribution in [0, 0.1) is 5.92 Å². The Bertz CT molecular complexity index is 460. The summed E-state index contributed by atoms with van der Waals surface area (Å²) in [4.78, 5) is 9.88. The smallest absolute Gasteiger partial charge is 0.0544 e. The third-order valence-electron chi connectivity index (χ3n) is 5.41. The van der Waals surface area contributed by atoms with Crippen LogP contribution in [0.25, 0.3) is 0 Å². The summed E-state index contributed by atoms with van der Waals surface area (Å²) in [6.07, 6.45) is 5.81. The molecular weight excluding hydrogens is 262 g/mol. The second kappa shape index (κ2) is 6.03. The van der Waals surface area contributed by atoms with Gasteiger partial charge >= 0.3 is 0 Å². The second-order valence-electron chi connectivity index (χ2n) is 6.73. The van der Waals surface area contributed by atoms with Gasteiger partial charge in [0.15, 0.2) is 0 Å². The molecule has 21 heavy (non-hydrogen) atoms. The number of nitrogens with zero attached hydrogens (tertiary/aromatic N) is 3. The minimum absolute atomic E-state index is 0.745. The van der Waals surface area contributed by atoms with Crippen molar-refractivity contribution in [2.24, 2.45) is 5.92 Å². The lowest BCUT2D eigenvalue weighted by Gasteiger charge is -2.27. The Morgan fingerprint density at radius 2 is 1.95 bits per heavy atom. The monoisotopic (exact) mass is 287 g/mol. The van der Waals surface area contributed by atoms with Gasteiger partial charge in [-0.1, -0.05) is 6.07 Å². The summed E-state index contributed by atoms with van der Waals surface area (Å²) in [6.45, 7) is 6.71. The predicted molar refractivity (Wildman–Crippen MR) is 82.0 cm³/mol. The molecule has 3 fully saturated rings. The topological polar surface area (TPSA) is 28.6 Å². The fraction of sp³-hybridized carbons (Fsp3) is 0.706. The van der Waals surface area contributed by atoms with E-state index in [1.165, 1.54) is 44.6 Å². The molecule has 3 saturated heterocycles. The molecule has 4 heterocycles. The van der Waals surface area contributed by atoms with Crippen molar-refractivity contribution < 1.29 is 4.74 Å². The lowest BCUT2D eigenvalue weighted by molar-refractivity contribution is 0.159. The molecule has 0 bridgehead atoms. The third kappa shape index (κ3) is 2.85. The van der Waals surface area contributed by atoms with Crippen LogP contribution in [0.15, 0.2) is 24.4 Å². The second-order valence-corrected chi connectivity index (χ2v) is 6.73. The van der Waals surface area contributed by atoms with Crippen LogP contribution in [0.2, 0.25) is 0 Å². The van der Waals surface area contributed by atoms with E-state index in [4.69, 9.17) is 4.74 Å². The van der Waals surface area contributed by atoms with Crippen LogP contribution in [0.1, 0.15) is 25.0 Å². The summed E-state index contributed by atoms with van der Waals surface area (Å²) in [7, 11) is 0. The summed E-state index contributed by atoms with van der Waals surface area (Å²) in [5.74, 6) is 0.772. The molecule has 1 aromatic rings. The molecule has 1 unspecified atom stereocenters. The average molecular weight is 287 g/mol. The number of likely N-dealkylation sites (tertiary alicyclic amines) is 2. The maximum absolute atomic E-state index is 5.53. The summed E-state index contributed by atoms with van der Waals surface area (Å²) < 4.78 is 5.53. The first-order valence-corrected chi connectivity index (χ1v) is 8.36. The van der Waals surface area contributed by atoms with Gasteiger partial charge < -0.3 is 4.74 Å². The normalized spacial score (nSPS) is 33.6. The molecule has 114 valence electrons. The zero-order chi connectivity index (χ0) is 14.1. The Labute approximate surface area is 127 Å². The molecule has 0 aliphatic carbocycles. The predicted octanol–water partition coefficient (Wildman–Crippen LogP) is 1.77. The van der Waals surface area contributed by atoms with Crippen LogP contribution in [0.5, 0.6) is 0 Å². The van der Waals surface area contributed by atoms with Crippen molar-refractivity contribution in [3.8, 4) is 0 Å². The van der Waals surface area contributed by atoms with Crippen molar-refractivity contribution >= 4 is 0 Å². The van der Waals surface area contributed by atoms with Gasteiger partial charge in [-0.05, 0) is 37.3 Å². The third-order valence-corrected chi connectivity index (χ3v) is 5.41. The number of aromatic nitrogens is 1. The molecule has 0 radical (unpaired) electrons. The largest absolute Gasteiger partial charge is 0.381 e. The van der Waals surface area contributed by atoms with E-state index >= 15 is 0 Å². The molecule has 4 rings (SSSR count). The van der Waals surface area contributed by atoms with Crippen molar-refractivity contribution in [1.82, 2.24) is 14.8 Å². The number of hydrogen-bond acceptors (Lipinski definition) is 4. The quantitative estimate of drug-likeness (QED) is 0.844. The number of fused-ring (bicyclic) bond motifs is 1. The van der Waals surface area contributed by atoms with Crippen LogP contribution in [0.3, 0.4) is 0 Å². The molecule has 0 amide bonds. The van der Waals surface area contributed by atoms with E-state index in [1.807, 2.05) is 12.3 Å². The highest BCUT2D eigenvalue weighted by molar-refractivity contribution is 5.06. The molecule has 3 aliphatic heterocycles. The van der Waals surface area contributed by atoms with Gasteiger partial charge in [-0.15, -0.1) is 0 Å². The van der Waals surface area contributed by atoms with Gasteiger partial charge in [0.25, 0.3) is 0 Å². The summed E-state index contributed by atoms with van der Waals surface area (Å²) >= 11 is 0. The lowest BCUT2D eigenvalue weighted by atomic mass is 10.1. The fourth-order valence-corrected chi connectivity index (χ4v) is 4.35. The fourth-order valence-electron chi connectivity index (χ4n) is 4.35. The summed E-state index contributed by atoms with van der Waals surface area (Å²) in [6, 6.07) is 7.76. The van der Waals surface area contributed by atoms with Crippen molar-refractivity contribution in [2.75, 3.05) is 32.8 Å². The van der Waals surface area contributed by atoms with E-state index in [2.05, 4.69) is 26.9 Å². The highest BCUT2D eigenvalue weighted by Gasteiger charge is 2.42. The zero-order valence-electron chi connectivity index (χ0n) is 12.7. The van der Waals surface area contributed by atoms with Gasteiger partial charge in [0, 0.05) is 51.1 Å². The van der Waals surface area contributed by atoms with E-state index in [0.29, 0.717) is 0 Å². The molecule has 4 heteroatoms. The van der Waals surface area contributed by atoms with Crippen LogP contribution in [-0.2, 0) is 11.3 Å². The SMILES string of the molecule is c1ccc(CN2CC[C@@H]3[C@@H]2CCN3CC2CCOC2)nc1. The first kappa shape index (κ1) is 13.7. The molecule has 0 N–H and O–H groups in total. The number of hydrogen-bond donors (Lipinski definition) is 0. The van der Waals surface area contributed by atoms with Crippen molar-refractivity contribution in [3.63, 3.8) is 0 Å². The summed E-state index contributed by atoms with van der Waals surface area (Å²) in [5.41, 5.74) is 1.21. The van der Waals surface area contributed by atoms with E-state index in [9.17, 15) is 0 Å². The van der Waals surface area contributed by atoms with Crippen LogP contribution >= 0.6 is 0 Å². The van der Waals surface area contributed by atoms with E-state index in [-0.39, 0.29) is 0 Å². The molecule has 0 saturated carbocycles. The maximum atomic E-state index is 5.53. The van der Waals surface area contributed by atoms with Gasteiger partial charge in [0.2, 0.25) is 0 Å². The van der Waals surface area contributed by atoms with Crippen LogP contribution in [0.4, 0.5) is 0 Å². The minimum atomic E-state index is 0.745. The highest BCUT2D eigenvalue weighted by Crippen LogP contribution is 2.33. The molecule has 3 atom stereocenters. The molecule has 0 spiro atoms. The minimum Gasteiger partial charge on any atom is -0.381 e. The molecular formula is C17H25N3O. The molecule has 3 aliphatic rings. The van der Waals surface area contributed by atoms with Crippen LogP contribution in [-0.4, -0.2) is 59.7 Å². The number of rotatable bonds is 4. The first-order chi connectivity index (χ1) is 10.4. The Morgan fingerprint density at radius 1 is 1.10 bits per heavy atom. The molecule has 0 aromatic carbocycles. The Balaban J connectivity index is 1.36. The average Bonchev–Trinajstić information content (AvgIpc) is 3.21. The number of ether oxygens (including phenoxy) is 1. The highest BCUT2D eigenvalue weighted by atomic mass is 16.5. The van der Waals surface area contributed by atoms with E-state index in [0.717, 1.165) is 37.8 Å². The Kier molecular flexibility index (Phi) is 3.93. The zero-order valence-corrected chi connectivity index (χ0v) is 12.7. The van der Waals surface area contributed by atoms with Gasteiger partial charge in [-0.2, -0.15) is 0 Å². The van der Waals surface area contributed by atoms with Crippen LogP contribution < -0.4 is 0 Å². The number of pyridine rings is 1. The van der Waals surface area contributed by atoms with Gasteiger partial charge in [0.1, 0.15) is 0 Å². The van der Waals surface area contributed by atoms with Crippen molar-refractivity contribution in [3.05, 3.63) is 30.1 Å². The van der Waals surface area contributed by atoms with Gasteiger partial charge in [0.05, 0.1) is 12.3 Å². The summed E-state index contributed by atoms with van der Waals surface area (Å²) in [5, 5.41) is 0. The van der Waals surface area contributed by atoms with E-state index < -0.39 is 0 Å². The maximum Gasteiger partial charge on any atom is 0.0544 e. The Hall–Kier alpha value is -0.970. The standard InChI is InChI=1S/C17H25N3O/c1-2-7-18-15(3-1)12-20-9-5-16-17(20)4-8-19(16)11-14-6-10-21-13-14/h1-3,7,14,16-17H,4-6,8-13H2/t14?,16-,17+/m1/s1. The molecule has 4 nitrogen and oxygen atoms in total. The van der Waals surface area contributed by atoms with Gasteiger partial charge in [-0.25, -0.2) is 0 Å². The molecule has 1 aromatic heterocycles. The van der Waals surface area contributed by atoms with Crippen molar-refractivity contribution in [2.45, 2.75) is 37.9 Å². The van der Waals surface area contributed by atoms with Crippen molar-refractivity contribution in [1.29, 1.82) is 0 Å². The Morgan fingerprint density at radius 3 is 2.71 bits per heavy atom. The lowest BCUT2D eigenvalue weighted by Crippen LogP contribution is -2.38. The van der Waals surface area contributed by atoms with E-state index in [1.54, 1.807) is 0 Å².